The summed E-state index contributed by atoms with van der Waals surface area (Å²) in [4.78, 5) is 0. The van der Waals surface area contributed by atoms with Crippen LogP contribution in [0.3, 0.4) is 0 Å². The van der Waals surface area contributed by atoms with E-state index in [-0.39, 0.29) is 51.0 Å². The Balaban J connectivity index is -0.000000245. The molecule has 98 valence electrons. The van der Waals surface area contributed by atoms with Gasteiger partial charge in [-0.1, -0.05) is 33.1 Å². The molecule has 0 saturated heterocycles. The Kier molecular flexibility index (Phi) is 18.1. The summed E-state index contributed by atoms with van der Waals surface area (Å²) in [5.41, 5.74) is 2.88. The summed E-state index contributed by atoms with van der Waals surface area (Å²) < 4.78 is 0. The quantitative estimate of drug-likeness (QED) is 0.521. The number of hydrogen-bond acceptors (Lipinski definition) is 0. The first-order valence-corrected chi connectivity index (χ1v) is 5.68. The molecule has 18 heavy (non-hydrogen) atoms. The number of halogens is 2. The first kappa shape index (κ1) is 23.5. The number of rotatable bonds is 2. The van der Waals surface area contributed by atoms with Crippen molar-refractivity contribution in [2.75, 3.05) is 0 Å². The van der Waals surface area contributed by atoms with Gasteiger partial charge in [0.05, 0.1) is 0 Å². The van der Waals surface area contributed by atoms with Crippen molar-refractivity contribution in [3.8, 4) is 0 Å². The van der Waals surface area contributed by atoms with Crippen LogP contribution in [0, 0.1) is 18.1 Å². The van der Waals surface area contributed by atoms with Crippen molar-refractivity contribution < 1.29 is 51.0 Å². The Morgan fingerprint density at radius 1 is 1.22 bits per heavy atom. The van der Waals surface area contributed by atoms with Gasteiger partial charge in [-0.15, -0.1) is 12.8 Å². The molecule has 0 spiro atoms. The van der Waals surface area contributed by atoms with Gasteiger partial charge < -0.3 is 24.8 Å². The van der Waals surface area contributed by atoms with E-state index in [1.54, 1.807) is 0 Å². The number of hydrogen-bond donors (Lipinski definition) is 0. The molecule has 0 saturated carbocycles. The predicted octanol–water partition coefficient (Wildman–Crippen LogP) is -1.58. The molecule has 0 amide bonds. The third-order valence-corrected chi connectivity index (χ3v) is 2.41. The van der Waals surface area contributed by atoms with Gasteiger partial charge in [-0.3, -0.25) is 12.2 Å². The molecule has 0 bridgehead atoms. The topological polar surface area (TPSA) is 0 Å². The van der Waals surface area contributed by atoms with Gasteiger partial charge in [-0.25, -0.2) is 17.7 Å². The van der Waals surface area contributed by atoms with E-state index in [0.29, 0.717) is 0 Å². The van der Waals surface area contributed by atoms with Crippen molar-refractivity contribution in [1.29, 1.82) is 0 Å². The third kappa shape index (κ3) is 10.4. The molecular formula is C15H20Cl2Zr. The van der Waals surface area contributed by atoms with E-state index >= 15 is 0 Å². The average molecular weight is 362 g/mol. The van der Waals surface area contributed by atoms with Crippen molar-refractivity contribution in [1.82, 2.24) is 0 Å². The molecule has 0 aromatic carbocycles. The summed E-state index contributed by atoms with van der Waals surface area (Å²) in [6.07, 6.45) is 17.8. The molecule has 0 nitrogen and oxygen atoms in total. The fraction of sp³-hybridized carbons (Fsp3) is 0.467. The van der Waals surface area contributed by atoms with Gasteiger partial charge in [-0.2, -0.15) is 17.7 Å². The van der Waals surface area contributed by atoms with Crippen molar-refractivity contribution in [3.05, 3.63) is 47.6 Å². The van der Waals surface area contributed by atoms with Crippen LogP contribution in [0.25, 0.3) is 0 Å². The normalized spacial score (nSPS) is 14.7. The van der Waals surface area contributed by atoms with Crippen LogP contribution in [0.1, 0.15) is 40.0 Å². The molecule has 2 aliphatic carbocycles. The fourth-order valence-electron chi connectivity index (χ4n) is 1.61. The summed E-state index contributed by atoms with van der Waals surface area (Å²) in [7, 11) is 0. The number of allylic oxidation sites excluding steroid dienone is 8. The van der Waals surface area contributed by atoms with Crippen LogP contribution in [-0.4, -0.2) is 0 Å². The van der Waals surface area contributed by atoms with Crippen molar-refractivity contribution in [2.45, 2.75) is 40.0 Å². The minimum absolute atomic E-state index is 0. The second-order valence-electron chi connectivity index (χ2n) is 4.34. The zero-order chi connectivity index (χ0) is 11.1. The first-order valence-electron chi connectivity index (χ1n) is 5.68. The fourth-order valence-corrected chi connectivity index (χ4v) is 1.61. The molecule has 0 fully saturated rings. The van der Waals surface area contributed by atoms with E-state index in [0.717, 1.165) is 18.8 Å². The maximum absolute atomic E-state index is 3.30. The summed E-state index contributed by atoms with van der Waals surface area (Å²) in [6.45, 7) is 6.67. The molecule has 2 aliphatic rings. The van der Waals surface area contributed by atoms with Gasteiger partial charge in [0.1, 0.15) is 0 Å². The molecule has 0 aromatic heterocycles. The minimum atomic E-state index is 0. The Morgan fingerprint density at radius 3 is 2.17 bits per heavy atom. The molecule has 0 heterocycles. The van der Waals surface area contributed by atoms with Gasteiger partial charge in [0, 0.05) is 0 Å². The molecule has 0 unspecified atom stereocenters. The van der Waals surface area contributed by atoms with Crippen LogP contribution in [-0.2, 0) is 26.2 Å². The van der Waals surface area contributed by atoms with Gasteiger partial charge in [0.15, 0.2) is 0 Å². The van der Waals surface area contributed by atoms with E-state index in [1.165, 1.54) is 17.6 Å². The van der Waals surface area contributed by atoms with Crippen molar-refractivity contribution in [2.24, 2.45) is 5.92 Å². The Hall–Kier alpha value is 0.423. The van der Waals surface area contributed by atoms with E-state index in [4.69, 9.17) is 0 Å². The van der Waals surface area contributed by atoms with E-state index in [9.17, 15) is 0 Å². The minimum Gasteiger partial charge on any atom is -1.00 e. The molecule has 2 rings (SSSR count). The van der Waals surface area contributed by atoms with Crippen molar-refractivity contribution in [3.63, 3.8) is 0 Å². The summed E-state index contributed by atoms with van der Waals surface area (Å²) in [6, 6.07) is 0. The summed E-state index contributed by atoms with van der Waals surface area (Å²) in [5.74, 6) is 0.779. The maximum atomic E-state index is 3.30. The van der Waals surface area contributed by atoms with E-state index in [1.807, 2.05) is 12.2 Å². The molecule has 0 aliphatic heterocycles. The Labute approximate surface area is 144 Å². The molecule has 0 aromatic rings. The predicted molar refractivity (Wildman–Crippen MR) is 66.2 cm³/mol. The standard InChI is InChI=1S/C10H15.C5H5.2ClH.Zr/c1-8(2)7-10-6-4-5-9(10)3;1-2-4-5-3-1;;;/h6,8H,4,7H2,1-3H3;1-3H,4H2;2*1H;/q2*-1;;;+4/p-2. The smallest absolute Gasteiger partial charge is 1.00 e. The van der Waals surface area contributed by atoms with Gasteiger partial charge in [0.2, 0.25) is 0 Å². The Morgan fingerprint density at radius 2 is 1.89 bits per heavy atom. The van der Waals surface area contributed by atoms with Gasteiger partial charge in [0.25, 0.3) is 0 Å². The second kappa shape index (κ2) is 13.8. The van der Waals surface area contributed by atoms with Crippen LogP contribution in [0.4, 0.5) is 0 Å². The summed E-state index contributed by atoms with van der Waals surface area (Å²) in [5, 5.41) is 0. The SMILES string of the molecule is CC1=[C-]CC=C1CC(C)C.[C-]1=CC=CC1.[Cl-].[Cl-].[Zr+4]. The zero-order valence-corrected chi connectivity index (χ0v) is 15.2. The first-order chi connectivity index (χ1) is 7.20. The molecule has 0 N–H and O–H groups in total. The van der Waals surface area contributed by atoms with Crippen LogP contribution in [0.2, 0.25) is 0 Å². The van der Waals surface area contributed by atoms with Crippen LogP contribution in [0.5, 0.6) is 0 Å². The molecule has 3 heteroatoms. The van der Waals surface area contributed by atoms with Crippen LogP contribution < -0.4 is 24.8 Å². The molecular weight excluding hydrogens is 342 g/mol. The largest absolute Gasteiger partial charge is 4.00 e. The third-order valence-electron chi connectivity index (χ3n) is 2.41. The van der Waals surface area contributed by atoms with E-state index < -0.39 is 0 Å². The second-order valence-corrected chi connectivity index (χ2v) is 4.34. The monoisotopic (exact) mass is 360 g/mol. The Bertz CT molecular complexity index is 302. The molecule has 0 atom stereocenters. The van der Waals surface area contributed by atoms with E-state index in [2.05, 4.69) is 45.1 Å². The maximum Gasteiger partial charge on any atom is 4.00 e. The van der Waals surface area contributed by atoms with Crippen LogP contribution >= 0.6 is 0 Å². The van der Waals surface area contributed by atoms with Gasteiger partial charge in [-0.05, 0) is 0 Å². The average Bonchev–Trinajstić information content (AvgIpc) is 2.80. The summed E-state index contributed by atoms with van der Waals surface area (Å²) >= 11 is 0. The van der Waals surface area contributed by atoms with Crippen LogP contribution in [0.15, 0.2) is 35.5 Å². The zero-order valence-electron chi connectivity index (χ0n) is 11.3. The molecule has 0 radical (unpaired) electrons. The van der Waals surface area contributed by atoms with Gasteiger partial charge >= 0.3 is 26.2 Å². The van der Waals surface area contributed by atoms with Crippen molar-refractivity contribution >= 4 is 0 Å².